The Bertz CT molecular complexity index is 423. The minimum atomic E-state index is -0.214. The van der Waals surface area contributed by atoms with Crippen LogP contribution in [0.1, 0.15) is 62.2 Å². The molecule has 0 aromatic heterocycles. The first-order valence-electron chi connectivity index (χ1n) is 8.20. The van der Waals surface area contributed by atoms with E-state index in [9.17, 15) is 5.11 Å². The van der Waals surface area contributed by atoms with Crippen LogP contribution in [0, 0.1) is 5.92 Å². The van der Waals surface area contributed by atoms with E-state index in [0.29, 0.717) is 0 Å². The highest BCUT2D eigenvalue weighted by atomic mass is 16.5. The van der Waals surface area contributed by atoms with E-state index in [4.69, 9.17) is 4.74 Å². The van der Waals surface area contributed by atoms with Crippen LogP contribution >= 0.6 is 0 Å². The first-order chi connectivity index (χ1) is 9.83. The maximum absolute atomic E-state index is 10.4. The van der Waals surface area contributed by atoms with Crippen LogP contribution in [-0.4, -0.2) is 17.8 Å². The Labute approximate surface area is 122 Å². The summed E-state index contributed by atoms with van der Waals surface area (Å²) in [6.07, 6.45) is 9.29. The van der Waals surface area contributed by atoms with Gasteiger partial charge in [0.25, 0.3) is 0 Å². The Hall–Kier alpha value is -0.860. The monoisotopic (exact) mass is 274 g/mol. The van der Waals surface area contributed by atoms with E-state index in [2.05, 4.69) is 24.3 Å². The quantitative estimate of drug-likeness (QED) is 0.898. The molecule has 1 aliphatic heterocycles. The molecule has 0 spiro atoms. The van der Waals surface area contributed by atoms with Crippen LogP contribution in [0.4, 0.5) is 0 Å². The zero-order chi connectivity index (χ0) is 13.8. The van der Waals surface area contributed by atoms with Gasteiger partial charge in [-0.05, 0) is 29.9 Å². The topological polar surface area (TPSA) is 29.5 Å². The molecule has 1 saturated carbocycles. The Kier molecular flexibility index (Phi) is 4.74. The van der Waals surface area contributed by atoms with Crippen molar-refractivity contribution in [2.75, 3.05) is 6.61 Å². The number of ether oxygens (including phenoxy) is 1. The maximum atomic E-state index is 10.4. The van der Waals surface area contributed by atoms with Gasteiger partial charge in [-0.15, -0.1) is 0 Å². The average Bonchev–Trinajstić information content (AvgIpc) is 2.48. The molecule has 1 aliphatic carbocycles. The van der Waals surface area contributed by atoms with Crippen molar-refractivity contribution < 1.29 is 9.84 Å². The first kappa shape index (κ1) is 14.1. The summed E-state index contributed by atoms with van der Waals surface area (Å²) < 4.78 is 5.90. The number of hydrogen-bond acceptors (Lipinski definition) is 2. The number of fused-ring (bicyclic) bond motifs is 1. The van der Waals surface area contributed by atoms with Crippen molar-refractivity contribution >= 4 is 0 Å². The summed E-state index contributed by atoms with van der Waals surface area (Å²) in [7, 11) is 0. The van der Waals surface area contributed by atoms with Gasteiger partial charge >= 0.3 is 0 Å². The smallest absolute Gasteiger partial charge is 0.0852 e. The summed E-state index contributed by atoms with van der Waals surface area (Å²) in [5.74, 6) is 0.734. The van der Waals surface area contributed by atoms with Gasteiger partial charge in [-0.3, -0.25) is 0 Å². The van der Waals surface area contributed by atoms with E-state index in [0.717, 1.165) is 31.8 Å². The molecule has 2 unspecified atom stereocenters. The summed E-state index contributed by atoms with van der Waals surface area (Å²) in [5, 5.41) is 10.4. The summed E-state index contributed by atoms with van der Waals surface area (Å²) in [6.45, 7) is 0.790. The van der Waals surface area contributed by atoms with Crippen molar-refractivity contribution in [3.63, 3.8) is 0 Å². The molecule has 2 heteroatoms. The maximum Gasteiger partial charge on any atom is 0.0852 e. The minimum Gasteiger partial charge on any atom is -0.393 e. The number of aliphatic hydroxyl groups is 1. The van der Waals surface area contributed by atoms with Crippen molar-refractivity contribution in [3.8, 4) is 0 Å². The molecule has 2 nitrogen and oxygen atoms in total. The predicted molar refractivity (Wildman–Crippen MR) is 80.7 cm³/mol. The highest BCUT2D eigenvalue weighted by Crippen LogP contribution is 2.33. The molecular weight excluding hydrogens is 248 g/mol. The molecule has 1 fully saturated rings. The molecule has 0 amide bonds. The fraction of sp³-hybridized carbons (Fsp3) is 0.667. The lowest BCUT2D eigenvalue weighted by Gasteiger charge is -2.29. The molecule has 2 atom stereocenters. The van der Waals surface area contributed by atoms with Gasteiger partial charge in [0.05, 0.1) is 18.8 Å². The average molecular weight is 274 g/mol. The van der Waals surface area contributed by atoms with E-state index >= 15 is 0 Å². The van der Waals surface area contributed by atoms with Crippen molar-refractivity contribution in [2.24, 2.45) is 5.92 Å². The second kappa shape index (κ2) is 6.73. The number of aliphatic hydroxyl groups excluding tert-OH is 1. The molecule has 20 heavy (non-hydrogen) atoms. The molecule has 1 aromatic carbocycles. The lowest BCUT2D eigenvalue weighted by atomic mass is 9.84. The zero-order valence-electron chi connectivity index (χ0n) is 12.3. The normalized spacial score (nSPS) is 25.1. The minimum absolute atomic E-state index is 0.0959. The lowest BCUT2D eigenvalue weighted by Crippen LogP contribution is -2.23. The van der Waals surface area contributed by atoms with Crippen LogP contribution in [0.3, 0.4) is 0 Å². The van der Waals surface area contributed by atoms with Crippen LogP contribution in [-0.2, 0) is 11.2 Å². The Morgan fingerprint density at radius 3 is 2.75 bits per heavy atom. The van der Waals surface area contributed by atoms with E-state index in [1.165, 1.54) is 43.2 Å². The molecule has 1 N–H and O–H groups in total. The summed E-state index contributed by atoms with van der Waals surface area (Å²) in [6, 6.07) is 8.53. The third-order valence-electron chi connectivity index (χ3n) is 4.91. The van der Waals surface area contributed by atoms with E-state index in [-0.39, 0.29) is 12.2 Å². The number of hydrogen-bond donors (Lipinski definition) is 1. The van der Waals surface area contributed by atoms with Gasteiger partial charge in [-0.2, -0.15) is 0 Å². The molecular formula is C18H26O2. The third kappa shape index (κ3) is 3.42. The Morgan fingerprint density at radius 1 is 1.10 bits per heavy atom. The van der Waals surface area contributed by atoms with Gasteiger partial charge in [0, 0.05) is 6.42 Å². The zero-order valence-corrected chi connectivity index (χ0v) is 12.3. The molecule has 3 rings (SSSR count). The standard InChI is InChI=1S/C18H26O2/c19-16(12-14-6-2-1-3-7-14)13-18-17-9-5-4-8-15(17)10-11-20-18/h4-5,8-9,14,16,18-19H,1-3,6-7,10-13H2. The van der Waals surface area contributed by atoms with Crippen LogP contribution in [0.25, 0.3) is 0 Å². The van der Waals surface area contributed by atoms with E-state index in [1.807, 2.05) is 0 Å². The largest absolute Gasteiger partial charge is 0.393 e. The van der Waals surface area contributed by atoms with Gasteiger partial charge in [-0.1, -0.05) is 56.4 Å². The number of rotatable bonds is 4. The second-order valence-corrected chi connectivity index (χ2v) is 6.44. The Balaban J connectivity index is 1.57. The van der Waals surface area contributed by atoms with Gasteiger partial charge in [0.1, 0.15) is 0 Å². The van der Waals surface area contributed by atoms with Crippen LogP contribution in [0.2, 0.25) is 0 Å². The fourth-order valence-corrected chi connectivity index (χ4v) is 3.82. The summed E-state index contributed by atoms with van der Waals surface area (Å²) in [5.41, 5.74) is 2.69. The van der Waals surface area contributed by atoms with Gasteiger partial charge in [-0.25, -0.2) is 0 Å². The van der Waals surface area contributed by atoms with Gasteiger partial charge in [0.15, 0.2) is 0 Å². The fourth-order valence-electron chi connectivity index (χ4n) is 3.82. The lowest BCUT2D eigenvalue weighted by molar-refractivity contribution is -0.00259. The van der Waals surface area contributed by atoms with E-state index < -0.39 is 0 Å². The van der Waals surface area contributed by atoms with Crippen molar-refractivity contribution in [3.05, 3.63) is 35.4 Å². The van der Waals surface area contributed by atoms with Crippen molar-refractivity contribution in [2.45, 2.75) is 63.6 Å². The highest BCUT2D eigenvalue weighted by molar-refractivity contribution is 5.30. The molecule has 1 heterocycles. The van der Waals surface area contributed by atoms with Crippen molar-refractivity contribution in [1.29, 1.82) is 0 Å². The second-order valence-electron chi connectivity index (χ2n) is 6.44. The molecule has 0 bridgehead atoms. The molecule has 0 radical (unpaired) electrons. The molecule has 2 aliphatic rings. The SMILES string of the molecule is OC(CC1CCCCC1)CC1OCCc2ccccc21. The Morgan fingerprint density at radius 2 is 1.90 bits per heavy atom. The first-order valence-corrected chi connectivity index (χ1v) is 8.20. The molecule has 0 saturated heterocycles. The summed E-state index contributed by atoms with van der Waals surface area (Å²) in [4.78, 5) is 0. The van der Waals surface area contributed by atoms with Crippen molar-refractivity contribution in [1.82, 2.24) is 0 Å². The molecule has 1 aromatic rings. The van der Waals surface area contributed by atoms with Crippen LogP contribution < -0.4 is 0 Å². The van der Waals surface area contributed by atoms with Gasteiger partial charge in [0.2, 0.25) is 0 Å². The predicted octanol–water partition coefficient (Wildman–Crippen LogP) is 4.02. The van der Waals surface area contributed by atoms with Gasteiger partial charge < -0.3 is 9.84 Å². The molecule has 110 valence electrons. The van der Waals surface area contributed by atoms with Crippen LogP contribution in [0.5, 0.6) is 0 Å². The highest BCUT2D eigenvalue weighted by Gasteiger charge is 2.25. The third-order valence-corrected chi connectivity index (χ3v) is 4.91. The number of benzene rings is 1. The summed E-state index contributed by atoms with van der Waals surface area (Å²) >= 11 is 0. The van der Waals surface area contributed by atoms with Crippen LogP contribution in [0.15, 0.2) is 24.3 Å². The van der Waals surface area contributed by atoms with E-state index in [1.54, 1.807) is 0 Å².